The molecular weight excluding hydrogens is 725 g/mol. The van der Waals surface area contributed by atoms with Crippen LogP contribution in [0.3, 0.4) is 0 Å². The van der Waals surface area contributed by atoms with Crippen molar-refractivity contribution < 1.29 is 0 Å². The van der Waals surface area contributed by atoms with Crippen LogP contribution in [0.2, 0.25) is 0 Å². The molecule has 0 saturated heterocycles. The molecule has 3 N–H and O–H groups in total. The lowest BCUT2D eigenvalue weighted by Crippen LogP contribution is -2.38. The quantitative estimate of drug-likeness (QED) is 0.169. The summed E-state index contributed by atoms with van der Waals surface area (Å²) in [6.07, 6.45) is 37.0. The fourth-order valence-corrected chi connectivity index (χ4v) is 11.1. The van der Waals surface area contributed by atoms with E-state index in [2.05, 4.69) is 173 Å². The number of nitrogens with two attached hydrogens (primary N) is 1. The van der Waals surface area contributed by atoms with Gasteiger partial charge in [-0.2, -0.15) is 0 Å². The molecule has 58 heavy (non-hydrogen) atoms. The number of nitrogens with one attached hydrogen (secondary N) is 1. The number of fused-ring (bicyclic) bond motifs is 11. The van der Waals surface area contributed by atoms with Crippen molar-refractivity contribution in [2.75, 3.05) is 0 Å². The second kappa shape index (κ2) is 14.3. The molecule has 0 bridgehead atoms. The fourth-order valence-electron chi connectivity index (χ4n) is 9.65. The number of thioether (sulfide) groups is 1. The van der Waals surface area contributed by atoms with Crippen molar-refractivity contribution in [1.82, 2.24) is 9.88 Å². The highest BCUT2D eigenvalue weighted by Crippen LogP contribution is 2.55. The van der Waals surface area contributed by atoms with E-state index in [0.717, 1.165) is 53.2 Å². The first-order valence-electron chi connectivity index (χ1n) is 20.6. The van der Waals surface area contributed by atoms with Gasteiger partial charge in [-0.25, -0.2) is 4.99 Å². The van der Waals surface area contributed by atoms with Gasteiger partial charge >= 0.3 is 0 Å². The molecule has 4 aromatic carbocycles. The Morgan fingerprint density at radius 3 is 2.47 bits per heavy atom. The van der Waals surface area contributed by atoms with Gasteiger partial charge in [0.1, 0.15) is 0 Å². The molecule has 1 aromatic heterocycles. The monoisotopic (exact) mass is 768 g/mol. The van der Waals surface area contributed by atoms with E-state index in [9.17, 15) is 0 Å². The molecule has 4 atom stereocenters. The highest BCUT2D eigenvalue weighted by Gasteiger charge is 2.38. The van der Waals surface area contributed by atoms with Gasteiger partial charge in [-0.3, -0.25) is 0 Å². The van der Waals surface area contributed by atoms with Gasteiger partial charge in [0.2, 0.25) is 0 Å². The number of aliphatic imine (C=N–C) groups is 1. The second-order valence-electron chi connectivity index (χ2n) is 15.8. The maximum absolute atomic E-state index is 6.37. The van der Waals surface area contributed by atoms with Crippen LogP contribution in [0.15, 0.2) is 179 Å². The first kappa shape index (κ1) is 34.9. The van der Waals surface area contributed by atoms with E-state index >= 15 is 0 Å². The molecule has 5 heteroatoms. The van der Waals surface area contributed by atoms with Crippen molar-refractivity contribution in [3.63, 3.8) is 0 Å². The predicted molar refractivity (Wildman–Crippen MR) is 247 cm³/mol. The first-order valence-corrected chi connectivity index (χ1v) is 21.5. The minimum atomic E-state index is 0.0635. The Bertz CT molecular complexity index is 2990. The summed E-state index contributed by atoms with van der Waals surface area (Å²) in [7, 11) is 0. The average Bonchev–Trinajstić information content (AvgIpc) is 3.85. The van der Waals surface area contributed by atoms with Crippen LogP contribution in [0, 0.1) is 0 Å². The Morgan fingerprint density at radius 1 is 0.828 bits per heavy atom. The largest absolute Gasteiger partial charge is 0.398 e. The van der Waals surface area contributed by atoms with Crippen LogP contribution in [0.5, 0.6) is 0 Å². The number of hydrogen-bond donors (Lipinski definition) is 2. The van der Waals surface area contributed by atoms with Crippen molar-refractivity contribution in [1.29, 1.82) is 0 Å². The van der Waals surface area contributed by atoms with E-state index in [-0.39, 0.29) is 18.0 Å². The molecule has 0 spiro atoms. The summed E-state index contributed by atoms with van der Waals surface area (Å²) in [5, 5.41) is 11.1. The minimum Gasteiger partial charge on any atom is -0.398 e. The van der Waals surface area contributed by atoms with Gasteiger partial charge < -0.3 is 15.6 Å². The Morgan fingerprint density at radius 2 is 1.64 bits per heavy atom. The summed E-state index contributed by atoms with van der Waals surface area (Å²) in [5.41, 5.74) is 19.0. The number of nitrogens with zero attached hydrogens (tertiary/aromatic N) is 2. The number of hydrogen-bond acceptors (Lipinski definition) is 4. The lowest BCUT2D eigenvalue weighted by atomic mass is 9.84. The van der Waals surface area contributed by atoms with Crippen molar-refractivity contribution >= 4 is 68.3 Å². The zero-order chi connectivity index (χ0) is 38.7. The topological polar surface area (TPSA) is 55.3 Å². The third-order valence-electron chi connectivity index (χ3n) is 12.4. The first-order chi connectivity index (χ1) is 28.6. The molecule has 4 aliphatic carbocycles. The van der Waals surface area contributed by atoms with Crippen molar-refractivity contribution in [2.45, 2.75) is 54.3 Å². The molecule has 3 heterocycles. The van der Waals surface area contributed by atoms with Crippen LogP contribution in [0.25, 0.3) is 50.8 Å². The standard InChI is InChI=1S/C53H44N4S/c1-2-3-18-43(54)34-24-22-33(23-25-34)37-28-31-47-42(32-37)49-40-16-8-7-15-39(40)48-41-17-9-12-21-46(41)57(52(48)53(49)58-47)38-29-26-36(27-30-38)51-50(35-13-5-4-6-14-35)55-44-19-10-11-20-45(44)56-51/h2-8,10-11,13-29,31-32,38,42,45,47,56H,9,12,30,54H2,1H3/b3-2-,43-18-. The van der Waals surface area contributed by atoms with Gasteiger partial charge in [0, 0.05) is 43.3 Å². The molecule has 4 nitrogen and oxygen atoms in total. The Labute approximate surface area is 343 Å². The van der Waals surface area contributed by atoms with E-state index in [1.165, 1.54) is 59.4 Å². The molecule has 11 rings (SSSR count). The number of rotatable bonds is 6. The predicted octanol–water partition coefficient (Wildman–Crippen LogP) is 10.6. The van der Waals surface area contributed by atoms with Crippen molar-refractivity contribution in [3.05, 3.63) is 202 Å². The van der Waals surface area contributed by atoms with Gasteiger partial charge in [0.25, 0.3) is 0 Å². The SMILES string of the molecule is C/C=C\C=C(/N)c1ccc(C2=CC3c4c(c5c(c6c(n5C5C=CC(C7=C(c8ccccc8)N=C8C=CC=CC8N7)=CC5)=CCCC=6)c5ccccc45)SC3C=C2)cc1. The molecule has 5 aromatic rings. The van der Waals surface area contributed by atoms with E-state index in [0.29, 0.717) is 5.25 Å². The van der Waals surface area contributed by atoms with E-state index < -0.39 is 0 Å². The summed E-state index contributed by atoms with van der Waals surface area (Å²) in [5.74, 6) is 0.269. The highest BCUT2D eigenvalue weighted by atomic mass is 32.2. The van der Waals surface area contributed by atoms with Gasteiger partial charge in [0.05, 0.1) is 34.7 Å². The van der Waals surface area contributed by atoms with Gasteiger partial charge in [0.15, 0.2) is 0 Å². The van der Waals surface area contributed by atoms with Crippen LogP contribution >= 0.6 is 11.8 Å². The smallest absolute Gasteiger partial charge is 0.0943 e. The summed E-state index contributed by atoms with van der Waals surface area (Å²) in [6, 6.07) is 28.7. The van der Waals surface area contributed by atoms with E-state index in [4.69, 9.17) is 10.7 Å². The van der Waals surface area contributed by atoms with Crippen LogP contribution < -0.4 is 21.6 Å². The Kier molecular flexibility index (Phi) is 8.59. The third kappa shape index (κ3) is 5.71. The fraction of sp³-hybridized carbons (Fsp3) is 0.151. The highest BCUT2D eigenvalue weighted by molar-refractivity contribution is 8.00. The normalized spacial score (nSPS) is 23.1. The molecule has 2 aliphatic heterocycles. The minimum absolute atomic E-state index is 0.0635. The number of benzene rings is 4. The number of allylic oxidation sites excluding steroid dienone is 11. The molecule has 4 unspecified atom stereocenters. The Balaban J connectivity index is 1.03. The summed E-state index contributed by atoms with van der Waals surface area (Å²) >= 11 is 2.05. The van der Waals surface area contributed by atoms with Crippen LogP contribution in [-0.4, -0.2) is 21.6 Å². The molecule has 6 aliphatic rings. The van der Waals surface area contributed by atoms with Crippen molar-refractivity contribution in [3.8, 4) is 0 Å². The zero-order valence-corrected chi connectivity index (χ0v) is 33.3. The van der Waals surface area contributed by atoms with Crippen LogP contribution in [0.1, 0.15) is 60.4 Å². The average molecular weight is 769 g/mol. The molecule has 0 amide bonds. The van der Waals surface area contributed by atoms with E-state index in [1.54, 1.807) is 0 Å². The second-order valence-corrected chi connectivity index (χ2v) is 17.0. The van der Waals surface area contributed by atoms with Crippen LogP contribution in [0.4, 0.5) is 0 Å². The molecule has 0 fully saturated rings. The van der Waals surface area contributed by atoms with Crippen LogP contribution in [-0.2, 0) is 0 Å². The summed E-state index contributed by atoms with van der Waals surface area (Å²) < 4.78 is 2.70. The van der Waals surface area contributed by atoms with Gasteiger partial charge in [-0.05, 0) is 76.9 Å². The van der Waals surface area contributed by atoms with E-state index in [1.807, 2.05) is 25.2 Å². The third-order valence-corrected chi connectivity index (χ3v) is 13.8. The summed E-state index contributed by atoms with van der Waals surface area (Å²) in [6.45, 7) is 2.00. The molecular formula is C53H44N4S. The molecule has 0 radical (unpaired) electrons. The lowest BCUT2D eigenvalue weighted by Gasteiger charge is -2.30. The zero-order valence-electron chi connectivity index (χ0n) is 32.5. The molecule has 0 saturated carbocycles. The lowest BCUT2D eigenvalue weighted by molar-refractivity contribution is 0.605. The molecule has 282 valence electrons. The van der Waals surface area contributed by atoms with Crippen molar-refractivity contribution in [2.24, 2.45) is 10.7 Å². The summed E-state index contributed by atoms with van der Waals surface area (Å²) in [4.78, 5) is 6.67. The Hall–Kier alpha value is -6.30. The maximum atomic E-state index is 6.37. The van der Waals surface area contributed by atoms with Gasteiger partial charge in [-0.1, -0.05) is 158 Å². The van der Waals surface area contributed by atoms with Gasteiger partial charge in [-0.15, -0.1) is 11.8 Å². The maximum Gasteiger partial charge on any atom is 0.0943 e. The number of aromatic nitrogens is 1.